The number of nitrogens with zero attached hydrogens (tertiary/aromatic N) is 1. The molecule has 0 aliphatic heterocycles. The molecule has 18 heavy (non-hydrogen) atoms. The topological polar surface area (TPSA) is 65.2 Å². The van der Waals surface area contributed by atoms with Crippen molar-refractivity contribution in [3.63, 3.8) is 0 Å². The minimum Gasteiger partial charge on any atom is -0.466 e. The summed E-state index contributed by atoms with van der Waals surface area (Å²) >= 11 is 0. The van der Waals surface area contributed by atoms with Gasteiger partial charge in [-0.1, -0.05) is 0 Å². The number of rotatable bonds is 5. The summed E-state index contributed by atoms with van der Waals surface area (Å²) in [5, 5.41) is 0. The van der Waals surface area contributed by atoms with Crippen molar-refractivity contribution in [1.29, 1.82) is 0 Å². The van der Waals surface area contributed by atoms with Crippen LogP contribution in [0.1, 0.15) is 35.9 Å². The molecule has 0 aliphatic carbocycles. The summed E-state index contributed by atoms with van der Waals surface area (Å²) in [6, 6.07) is 1.33. The Labute approximate surface area is 104 Å². The number of carbonyl (C=O) groups excluding carboxylic acids is 1. The van der Waals surface area contributed by atoms with Crippen LogP contribution in [-0.4, -0.2) is 17.6 Å². The number of alkyl halides is 2. The highest BCUT2D eigenvalue weighted by Gasteiger charge is 2.17. The van der Waals surface area contributed by atoms with Gasteiger partial charge in [0.05, 0.1) is 24.4 Å². The highest BCUT2D eigenvalue weighted by Crippen LogP contribution is 2.24. The maximum absolute atomic E-state index is 12.7. The fraction of sp³-hybridized carbons (Fsp3) is 0.500. The molecule has 0 amide bonds. The molecule has 0 unspecified atom stereocenters. The van der Waals surface area contributed by atoms with Crippen molar-refractivity contribution in [1.82, 2.24) is 4.98 Å². The molecule has 1 rings (SSSR count). The molecule has 0 fully saturated rings. The molecular weight excluding hydrogens is 242 g/mol. The molecule has 0 bridgehead atoms. The number of nitrogens with two attached hydrogens (primary N) is 1. The van der Waals surface area contributed by atoms with Gasteiger partial charge in [-0.25, -0.2) is 8.78 Å². The second-order valence-corrected chi connectivity index (χ2v) is 3.77. The molecule has 6 heteroatoms. The number of halogens is 2. The second kappa shape index (κ2) is 6.39. The number of pyridine rings is 1. The van der Waals surface area contributed by atoms with Gasteiger partial charge in [-0.2, -0.15) is 0 Å². The molecule has 2 N–H and O–H groups in total. The molecule has 0 saturated heterocycles. The summed E-state index contributed by atoms with van der Waals surface area (Å²) in [7, 11) is 0. The van der Waals surface area contributed by atoms with Crippen LogP contribution in [-0.2, 0) is 22.5 Å². The van der Waals surface area contributed by atoms with Gasteiger partial charge in [-0.3, -0.25) is 9.78 Å². The van der Waals surface area contributed by atoms with Gasteiger partial charge in [0.2, 0.25) is 0 Å². The summed E-state index contributed by atoms with van der Waals surface area (Å²) in [6.07, 6.45) is -2.65. The highest BCUT2D eigenvalue weighted by molar-refractivity contribution is 5.72. The van der Waals surface area contributed by atoms with Crippen molar-refractivity contribution in [3.05, 3.63) is 28.6 Å². The van der Waals surface area contributed by atoms with Gasteiger partial charge in [0.25, 0.3) is 6.43 Å². The van der Waals surface area contributed by atoms with Crippen LogP contribution in [0.5, 0.6) is 0 Å². The van der Waals surface area contributed by atoms with E-state index in [-0.39, 0.29) is 30.8 Å². The maximum Gasteiger partial charge on any atom is 0.311 e. The van der Waals surface area contributed by atoms with Crippen molar-refractivity contribution in [2.24, 2.45) is 5.73 Å². The summed E-state index contributed by atoms with van der Waals surface area (Å²) in [5.74, 6) is -0.430. The van der Waals surface area contributed by atoms with Crippen molar-refractivity contribution >= 4 is 5.97 Å². The first-order valence-corrected chi connectivity index (χ1v) is 5.62. The number of hydrogen-bond acceptors (Lipinski definition) is 4. The molecule has 0 radical (unpaired) electrons. The monoisotopic (exact) mass is 258 g/mol. The average molecular weight is 258 g/mol. The first-order valence-electron chi connectivity index (χ1n) is 5.62. The van der Waals surface area contributed by atoms with Gasteiger partial charge in [-0.15, -0.1) is 0 Å². The lowest BCUT2D eigenvalue weighted by Crippen LogP contribution is -2.14. The molecule has 100 valence electrons. The Bertz CT molecular complexity index is 436. The van der Waals surface area contributed by atoms with Crippen LogP contribution in [0.15, 0.2) is 6.07 Å². The van der Waals surface area contributed by atoms with Gasteiger partial charge >= 0.3 is 5.97 Å². The number of aryl methyl sites for hydroxylation is 1. The van der Waals surface area contributed by atoms with E-state index >= 15 is 0 Å². The van der Waals surface area contributed by atoms with E-state index < -0.39 is 12.4 Å². The maximum atomic E-state index is 12.7. The standard InChI is InChI=1S/C12H16F2N2O2/c1-3-18-11(17)5-9-7(2)4-8(12(13)14)10(6-15)16-9/h4,12H,3,5-6,15H2,1-2H3. The van der Waals surface area contributed by atoms with Crippen molar-refractivity contribution in [3.8, 4) is 0 Å². The van der Waals surface area contributed by atoms with E-state index in [2.05, 4.69) is 4.98 Å². The van der Waals surface area contributed by atoms with Gasteiger partial charge < -0.3 is 10.5 Å². The minimum absolute atomic E-state index is 0.0316. The predicted octanol–water partition coefficient (Wildman–Crippen LogP) is 1.89. The quantitative estimate of drug-likeness (QED) is 0.819. The fourth-order valence-electron chi connectivity index (χ4n) is 1.60. The van der Waals surface area contributed by atoms with E-state index in [0.29, 0.717) is 11.3 Å². The lowest BCUT2D eigenvalue weighted by molar-refractivity contribution is -0.142. The lowest BCUT2D eigenvalue weighted by atomic mass is 10.1. The van der Waals surface area contributed by atoms with Crippen LogP contribution in [0.25, 0.3) is 0 Å². The van der Waals surface area contributed by atoms with Crippen LogP contribution < -0.4 is 5.73 Å². The number of carbonyl (C=O) groups is 1. The van der Waals surface area contributed by atoms with Crippen molar-refractivity contribution in [2.45, 2.75) is 33.2 Å². The molecule has 0 saturated carbocycles. The van der Waals surface area contributed by atoms with E-state index in [1.54, 1.807) is 13.8 Å². The number of esters is 1. The molecule has 1 aromatic rings. The molecule has 0 spiro atoms. The lowest BCUT2D eigenvalue weighted by Gasteiger charge is -2.11. The molecule has 1 heterocycles. The number of ether oxygens (including phenoxy) is 1. The first kappa shape index (κ1) is 14.5. The first-order chi connectivity index (χ1) is 8.49. The molecule has 0 atom stereocenters. The van der Waals surface area contributed by atoms with Crippen LogP contribution in [0, 0.1) is 6.92 Å². The Morgan fingerprint density at radius 1 is 1.50 bits per heavy atom. The van der Waals surface area contributed by atoms with E-state index in [4.69, 9.17) is 10.5 Å². The van der Waals surface area contributed by atoms with E-state index in [0.717, 1.165) is 0 Å². The average Bonchev–Trinajstić information content (AvgIpc) is 2.31. The third-order valence-corrected chi connectivity index (χ3v) is 2.48. The zero-order valence-electron chi connectivity index (χ0n) is 10.4. The number of aromatic nitrogens is 1. The Morgan fingerprint density at radius 3 is 2.67 bits per heavy atom. The predicted molar refractivity (Wildman–Crippen MR) is 62.2 cm³/mol. The Balaban J connectivity index is 3.04. The van der Waals surface area contributed by atoms with E-state index in [9.17, 15) is 13.6 Å². The van der Waals surface area contributed by atoms with Crippen molar-refractivity contribution < 1.29 is 18.3 Å². The van der Waals surface area contributed by atoms with Gasteiger partial charge in [0.15, 0.2) is 0 Å². The minimum atomic E-state index is -2.62. The molecule has 0 aromatic carbocycles. The van der Waals surface area contributed by atoms with Crippen LogP contribution in [0.4, 0.5) is 8.78 Å². The molecular formula is C12H16F2N2O2. The second-order valence-electron chi connectivity index (χ2n) is 3.77. The molecule has 4 nitrogen and oxygen atoms in total. The number of hydrogen-bond donors (Lipinski definition) is 1. The third-order valence-electron chi connectivity index (χ3n) is 2.48. The van der Waals surface area contributed by atoms with Crippen LogP contribution >= 0.6 is 0 Å². The zero-order chi connectivity index (χ0) is 13.7. The summed E-state index contributed by atoms with van der Waals surface area (Å²) < 4.78 is 30.2. The van der Waals surface area contributed by atoms with Gasteiger partial charge in [0, 0.05) is 12.1 Å². The smallest absolute Gasteiger partial charge is 0.311 e. The fourth-order valence-corrected chi connectivity index (χ4v) is 1.60. The van der Waals surface area contributed by atoms with E-state index in [1.165, 1.54) is 6.07 Å². The van der Waals surface area contributed by atoms with Crippen LogP contribution in [0.3, 0.4) is 0 Å². The Morgan fingerprint density at radius 2 is 2.17 bits per heavy atom. The SMILES string of the molecule is CCOC(=O)Cc1nc(CN)c(C(F)F)cc1C. The summed E-state index contributed by atoms with van der Waals surface area (Å²) in [6.45, 7) is 3.52. The van der Waals surface area contributed by atoms with Gasteiger partial charge in [-0.05, 0) is 25.5 Å². The highest BCUT2D eigenvalue weighted by atomic mass is 19.3. The zero-order valence-corrected chi connectivity index (χ0v) is 10.4. The van der Waals surface area contributed by atoms with Gasteiger partial charge in [0.1, 0.15) is 0 Å². The third kappa shape index (κ3) is 3.46. The van der Waals surface area contributed by atoms with Crippen LogP contribution in [0.2, 0.25) is 0 Å². The normalized spacial score (nSPS) is 10.8. The summed E-state index contributed by atoms with van der Waals surface area (Å²) in [5.41, 5.74) is 6.29. The van der Waals surface area contributed by atoms with Crippen molar-refractivity contribution in [2.75, 3.05) is 6.61 Å². The Hall–Kier alpha value is -1.56. The van der Waals surface area contributed by atoms with E-state index in [1.807, 2.05) is 0 Å². The largest absolute Gasteiger partial charge is 0.466 e. The molecule has 1 aromatic heterocycles. The Kier molecular flexibility index (Phi) is 5.15. The molecule has 0 aliphatic rings. The summed E-state index contributed by atoms with van der Waals surface area (Å²) in [4.78, 5) is 15.4.